The van der Waals surface area contributed by atoms with Gasteiger partial charge in [0.2, 0.25) is 5.88 Å². The van der Waals surface area contributed by atoms with Crippen LogP contribution >= 0.6 is 34.2 Å². The number of halogens is 3. The summed E-state index contributed by atoms with van der Waals surface area (Å²) in [4.78, 5) is 0. The number of nitrogens with two attached hydrogens (primary N) is 1. The van der Waals surface area contributed by atoms with Gasteiger partial charge in [-0.05, 0) is 52.4 Å². The first-order valence-corrected chi connectivity index (χ1v) is 7.48. The summed E-state index contributed by atoms with van der Waals surface area (Å²) in [6, 6.07) is 11.6. The Bertz CT molecular complexity index is 819. The van der Waals surface area contributed by atoms with Gasteiger partial charge in [-0.2, -0.15) is 0 Å². The smallest absolute Gasteiger partial charge is 0.230 e. The van der Waals surface area contributed by atoms with Gasteiger partial charge in [-0.1, -0.05) is 35.0 Å². The van der Waals surface area contributed by atoms with Crippen LogP contribution in [0.5, 0.6) is 0 Å². The zero-order chi connectivity index (χ0) is 15.0. The first-order valence-electron chi connectivity index (χ1n) is 6.03. The van der Waals surface area contributed by atoms with Crippen LogP contribution in [0.1, 0.15) is 0 Å². The SMILES string of the molecule is Nc1onc(-c2ccc(I)c(Cl)c2)c1-c1cccc(F)c1. The van der Waals surface area contributed by atoms with E-state index in [0.717, 1.165) is 9.13 Å². The summed E-state index contributed by atoms with van der Waals surface area (Å²) in [5, 5.41) is 4.59. The Morgan fingerprint density at radius 3 is 2.67 bits per heavy atom. The lowest BCUT2D eigenvalue weighted by atomic mass is 10.0. The first-order chi connectivity index (χ1) is 10.1. The van der Waals surface area contributed by atoms with Crippen LogP contribution in [0.2, 0.25) is 5.02 Å². The summed E-state index contributed by atoms with van der Waals surface area (Å²) in [5.74, 6) is -0.204. The van der Waals surface area contributed by atoms with E-state index < -0.39 is 0 Å². The maximum Gasteiger partial charge on any atom is 0.230 e. The number of benzene rings is 2. The van der Waals surface area contributed by atoms with E-state index in [0.29, 0.717) is 21.8 Å². The maximum absolute atomic E-state index is 13.4. The van der Waals surface area contributed by atoms with Crippen LogP contribution in [0, 0.1) is 9.39 Å². The van der Waals surface area contributed by atoms with E-state index in [1.165, 1.54) is 12.1 Å². The number of aromatic nitrogens is 1. The van der Waals surface area contributed by atoms with Crippen LogP contribution in [0.25, 0.3) is 22.4 Å². The molecule has 0 fully saturated rings. The molecule has 0 bridgehead atoms. The van der Waals surface area contributed by atoms with Crippen molar-refractivity contribution in [2.24, 2.45) is 0 Å². The largest absolute Gasteiger partial charge is 0.367 e. The summed E-state index contributed by atoms with van der Waals surface area (Å²) >= 11 is 8.28. The van der Waals surface area contributed by atoms with Crippen LogP contribution < -0.4 is 5.73 Å². The number of hydrogen-bond acceptors (Lipinski definition) is 3. The molecule has 1 aromatic heterocycles. The fourth-order valence-corrected chi connectivity index (χ4v) is 2.58. The molecule has 21 heavy (non-hydrogen) atoms. The normalized spacial score (nSPS) is 10.8. The molecule has 0 aliphatic rings. The third-order valence-corrected chi connectivity index (χ3v) is 4.60. The summed E-state index contributed by atoms with van der Waals surface area (Å²) < 4.78 is 19.4. The van der Waals surface area contributed by atoms with Crippen molar-refractivity contribution >= 4 is 40.1 Å². The summed E-state index contributed by atoms with van der Waals surface area (Å²) in [6.45, 7) is 0. The molecule has 2 N–H and O–H groups in total. The van der Waals surface area contributed by atoms with Gasteiger partial charge in [0.05, 0.1) is 10.6 Å². The highest BCUT2D eigenvalue weighted by Crippen LogP contribution is 2.37. The molecule has 3 rings (SSSR count). The third-order valence-electron chi connectivity index (χ3n) is 3.02. The Morgan fingerprint density at radius 2 is 1.95 bits per heavy atom. The fourth-order valence-electron chi connectivity index (χ4n) is 2.07. The first kappa shape index (κ1) is 14.3. The Balaban J connectivity index is 2.19. The molecule has 0 unspecified atom stereocenters. The molecule has 0 aliphatic heterocycles. The Morgan fingerprint density at radius 1 is 1.14 bits per heavy atom. The topological polar surface area (TPSA) is 52.0 Å². The number of anilines is 1. The van der Waals surface area contributed by atoms with Crippen molar-refractivity contribution in [1.29, 1.82) is 0 Å². The van der Waals surface area contributed by atoms with Crippen LogP contribution in [-0.4, -0.2) is 5.16 Å². The Kier molecular flexibility index (Phi) is 3.86. The van der Waals surface area contributed by atoms with Crippen molar-refractivity contribution in [2.45, 2.75) is 0 Å². The van der Waals surface area contributed by atoms with E-state index in [2.05, 4.69) is 27.7 Å². The quantitative estimate of drug-likeness (QED) is 0.601. The predicted octanol–water partition coefficient (Wildman–Crippen LogP) is 4.99. The molecule has 3 aromatic rings. The van der Waals surface area contributed by atoms with Crippen molar-refractivity contribution in [3.05, 3.63) is 56.9 Å². The monoisotopic (exact) mass is 414 g/mol. The summed E-state index contributed by atoms with van der Waals surface area (Å²) in [6.07, 6.45) is 0. The molecule has 106 valence electrons. The molecular weight excluding hydrogens is 406 g/mol. The molecule has 0 radical (unpaired) electrons. The lowest BCUT2D eigenvalue weighted by molar-refractivity contribution is 0.439. The minimum atomic E-state index is -0.348. The minimum Gasteiger partial charge on any atom is -0.367 e. The van der Waals surface area contributed by atoms with Crippen LogP contribution in [-0.2, 0) is 0 Å². The second-order valence-electron chi connectivity index (χ2n) is 4.41. The predicted molar refractivity (Wildman–Crippen MR) is 89.5 cm³/mol. The van der Waals surface area contributed by atoms with Crippen LogP contribution in [0.3, 0.4) is 0 Å². The second-order valence-corrected chi connectivity index (χ2v) is 5.98. The van der Waals surface area contributed by atoms with E-state index >= 15 is 0 Å². The molecular formula is C15H9ClFIN2O. The van der Waals surface area contributed by atoms with Gasteiger partial charge in [0, 0.05) is 9.13 Å². The number of nitrogens with zero attached hydrogens (tertiary/aromatic N) is 1. The highest BCUT2D eigenvalue weighted by atomic mass is 127. The van der Waals surface area contributed by atoms with Gasteiger partial charge in [0.1, 0.15) is 11.5 Å². The number of hydrogen-bond donors (Lipinski definition) is 1. The van der Waals surface area contributed by atoms with Crippen molar-refractivity contribution in [1.82, 2.24) is 5.16 Å². The molecule has 1 heterocycles. The molecule has 6 heteroatoms. The van der Waals surface area contributed by atoms with E-state index in [4.69, 9.17) is 21.9 Å². The zero-order valence-corrected chi connectivity index (χ0v) is 13.5. The molecule has 3 nitrogen and oxygen atoms in total. The van der Waals surface area contributed by atoms with Gasteiger partial charge >= 0.3 is 0 Å². The number of rotatable bonds is 2. The van der Waals surface area contributed by atoms with Gasteiger partial charge in [0.25, 0.3) is 0 Å². The van der Waals surface area contributed by atoms with E-state index in [9.17, 15) is 4.39 Å². The lowest BCUT2D eigenvalue weighted by Gasteiger charge is -2.04. The van der Waals surface area contributed by atoms with Gasteiger partial charge in [-0.15, -0.1) is 0 Å². The van der Waals surface area contributed by atoms with E-state index in [-0.39, 0.29) is 11.7 Å². The maximum atomic E-state index is 13.4. The molecule has 0 spiro atoms. The molecule has 0 atom stereocenters. The van der Waals surface area contributed by atoms with Crippen LogP contribution in [0.4, 0.5) is 10.3 Å². The molecule has 0 saturated carbocycles. The fraction of sp³-hybridized carbons (Fsp3) is 0. The zero-order valence-electron chi connectivity index (χ0n) is 10.6. The van der Waals surface area contributed by atoms with E-state index in [1.54, 1.807) is 18.2 Å². The summed E-state index contributed by atoms with van der Waals surface area (Å²) in [7, 11) is 0. The highest BCUT2D eigenvalue weighted by molar-refractivity contribution is 14.1. The molecule has 0 amide bonds. The second kappa shape index (κ2) is 5.65. The van der Waals surface area contributed by atoms with Gasteiger partial charge in [0.15, 0.2) is 0 Å². The Labute approximate surface area is 139 Å². The van der Waals surface area contributed by atoms with Crippen molar-refractivity contribution in [3.8, 4) is 22.4 Å². The van der Waals surface area contributed by atoms with Crippen molar-refractivity contribution < 1.29 is 8.91 Å². The lowest BCUT2D eigenvalue weighted by Crippen LogP contribution is -1.89. The van der Waals surface area contributed by atoms with Gasteiger partial charge in [-0.3, -0.25) is 0 Å². The minimum absolute atomic E-state index is 0.144. The molecule has 0 aliphatic carbocycles. The van der Waals surface area contributed by atoms with Crippen LogP contribution in [0.15, 0.2) is 47.0 Å². The molecule has 0 saturated heterocycles. The standard InChI is InChI=1S/C15H9ClFIN2O/c16-11-7-9(4-5-12(11)18)14-13(15(19)21-20-14)8-2-1-3-10(17)6-8/h1-7H,19H2. The van der Waals surface area contributed by atoms with Gasteiger partial charge < -0.3 is 10.3 Å². The van der Waals surface area contributed by atoms with Crippen molar-refractivity contribution in [2.75, 3.05) is 5.73 Å². The number of nitrogen functional groups attached to an aromatic ring is 1. The Hall–Kier alpha value is -1.60. The van der Waals surface area contributed by atoms with E-state index in [1.807, 2.05) is 12.1 Å². The average Bonchev–Trinajstić information content (AvgIpc) is 2.84. The van der Waals surface area contributed by atoms with Crippen molar-refractivity contribution in [3.63, 3.8) is 0 Å². The summed E-state index contributed by atoms with van der Waals surface area (Å²) in [5.41, 5.74) is 8.32. The average molecular weight is 415 g/mol. The third kappa shape index (κ3) is 2.75. The molecule has 2 aromatic carbocycles. The highest BCUT2D eigenvalue weighted by Gasteiger charge is 2.18. The van der Waals surface area contributed by atoms with Gasteiger partial charge in [-0.25, -0.2) is 4.39 Å².